The first-order chi connectivity index (χ1) is 5.86. The SMILES string of the molecule is O=C(CC1CC1)N1CCCCC1. The van der Waals surface area contributed by atoms with Gasteiger partial charge in [-0.1, -0.05) is 0 Å². The minimum atomic E-state index is 0.414. The number of piperidine rings is 1. The molecule has 0 spiro atoms. The summed E-state index contributed by atoms with van der Waals surface area (Å²) in [4.78, 5) is 13.6. The van der Waals surface area contributed by atoms with Gasteiger partial charge in [0.05, 0.1) is 0 Å². The first-order valence-corrected chi connectivity index (χ1v) is 5.14. The Morgan fingerprint density at radius 2 is 1.83 bits per heavy atom. The first-order valence-electron chi connectivity index (χ1n) is 5.14. The second-order valence-electron chi connectivity index (χ2n) is 4.09. The molecule has 0 atom stereocenters. The Morgan fingerprint density at radius 3 is 2.42 bits per heavy atom. The smallest absolute Gasteiger partial charge is 0.222 e. The van der Waals surface area contributed by atoms with Crippen molar-refractivity contribution < 1.29 is 4.79 Å². The van der Waals surface area contributed by atoms with Gasteiger partial charge in [0.2, 0.25) is 5.91 Å². The summed E-state index contributed by atoms with van der Waals surface area (Å²) in [6.07, 6.45) is 7.17. The molecule has 68 valence electrons. The van der Waals surface area contributed by atoms with Crippen molar-refractivity contribution in [3.63, 3.8) is 0 Å². The summed E-state index contributed by atoms with van der Waals surface area (Å²) in [5.41, 5.74) is 0. The van der Waals surface area contributed by atoms with Crippen LogP contribution in [0.2, 0.25) is 0 Å². The Bertz CT molecular complexity index is 169. The van der Waals surface area contributed by atoms with E-state index < -0.39 is 0 Å². The van der Waals surface area contributed by atoms with Crippen molar-refractivity contribution in [1.29, 1.82) is 0 Å². The van der Waals surface area contributed by atoms with Crippen LogP contribution in [0.3, 0.4) is 0 Å². The van der Waals surface area contributed by atoms with Crippen LogP contribution < -0.4 is 0 Å². The lowest BCUT2D eigenvalue weighted by Crippen LogP contribution is -2.35. The highest BCUT2D eigenvalue weighted by atomic mass is 16.2. The minimum absolute atomic E-state index is 0.414. The number of carbonyl (C=O) groups is 1. The average molecular weight is 167 g/mol. The molecule has 0 N–H and O–H groups in total. The zero-order chi connectivity index (χ0) is 8.39. The summed E-state index contributed by atoms with van der Waals surface area (Å²) < 4.78 is 0. The second kappa shape index (κ2) is 3.46. The number of carbonyl (C=O) groups excluding carboxylic acids is 1. The van der Waals surface area contributed by atoms with Gasteiger partial charge in [0, 0.05) is 19.5 Å². The largest absolute Gasteiger partial charge is 0.343 e. The van der Waals surface area contributed by atoms with E-state index >= 15 is 0 Å². The molecule has 2 rings (SSSR count). The maximum absolute atomic E-state index is 11.6. The summed E-state index contributed by atoms with van der Waals surface area (Å²) in [6.45, 7) is 2.04. The Labute approximate surface area is 73.9 Å². The van der Waals surface area contributed by atoms with Crippen molar-refractivity contribution in [3.05, 3.63) is 0 Å². The standard InChI is InChI=1S/C10H17NO/c12-10(8-9-4-5-9)11-6-2-1-3-7-11/h9H,1-8H2. The molecule has 0 radical (unpaired) electrons. The van der Waals surface area contributed by atoms with Gasteiger partial charge in [-0.2, -0.15) is 0 Å². The summed E-state index contributed by atoms with van der Waals surface area (Å²) in [7, 11) is 0. The van der Waals surface area contributed by atoms with Gasteiger partial charge in [-0.3, -0.25) is 4.79 Å². The normalized spacial score (nSPS) is 24.2. The van der Waals surface area contributed by atoms with Crippen molar-refractivity contribution in [2.24, 2.45) is 5.92 Å². The van der Waals surface area contributed by atoms with E-state index in [1.54, 1.807) is 0 Å². The molecule has 12 heavy (non-hydrogen) atoms. The zero-order valence-electron chi connectivity index (χ0n) is 7.59. The highest BCUT2D eigenvalue weighted by Crippen LogP contribution is 2.33. The van der Waals surface area contributed by atoms with Gasteiger partial charge < -0.3 is 4.90 Å². The summed E-state index contributed by atoms with van der Waals surface area (Å²) in [5, 5.41) is 0. The summed E-state index contributed by atoms with van der Waals surface area (Å²) in [5.74, 6) is 1.16. The fourth-order valence-electron chi connectivity index (χ4n) is 1.84. The molecule has 1 aliphatic heterocycles. The van der Waals surface area contributed by atoms with Gasteiger partial charge >= 0.3 is 0 Å². The molecule has 0 aromatic carbocycles. The highest BCUT2D eigenvalue weighted by Gasteiger charge is 2.27. The molecule has 2 aliphatic rings. The van der Waals surface area contributed by atoms with Crippen LogP contribution in [0, 0.1) is 5.92 Å². The lowest BCUT2D eigenvalue weighted by atomic mass is 10.1. The van der Waals surface area contributed by atoms with Crippen molar-refractivity contribution in [3.8, 4) is 0 Å². The number of amides is 1. The van der Waals surface area contributed by atoms with Crippen LogP contribution in [0.15, 0.2) is 0 Å². The lowest BCUT2D eigenvalue weighted by molar-refractivity contribution is -0.132. The summed E-state index contributed by atoms with van der Waals surface area (Å²) >= 11 is 0. The van der Waals surface area contributed by atoms with E-state index in [1.165, 1.54) is 32.1 Å². The van der Waals surface area contributed by atoms with Gasteiger partial charge in [0.25, 0.3) is 0 Å². The second-order valence-corrected chi connectivity index (χ2v) is 4.09. The molecule has 2 nitrogen and oxygen atoms in total. The van der Waals surface area contributed by atoms with Crippen LogP contribution in [0.1, 0.15) is 38.5 Å². The maximum Gasteiger partial charge on any atom is 0.222 e. The Hall–Kier alpha value is -0.530. The van der Waals surface area contributed by atoms with Crippen molar-refractivity contribution in [1.82, 2.24) is 4.90 Å². The predicted octanol–water partition coefficient (Wildman–Crippen LogP) is 1.80. The molecule has 1 amide bonds. The number of hydrogen-bond acceptors (Lipinski definition) is 1. The van der Waals surface area contributed by atoms with Gasteiger partial charge in [-0.25, -0.2) is 0 Å². The zero-order valence-corrected chi connectivity index (χ0v) is 7.59. The van der Waals surface area contributed by atoms with Gasteiger partial charge in [-0.05, 0) is 38.0 Å². The van der Waals surface area contributed by atoms with E-state index in [0.29, 0.717) is 5.91 Å². The fraction of sp³-hybridized carbons (Fsp3) is 0.900. The number of rotatable bonds is 2. The molecule has 1 saturated carbocycles. The third kappa shape index (κ3) is 1.99. The van der Waals surface area contributed by atoms with Crippen LogP contribution >= 0.6 is 0 Å². The predicted molar refractivity (Wildman–Crippen MR) is 47.8 cm³/mol. The van der Waals surface area contributed by atoms with Crippen LogP contribution in [0.4, 0.5) is 0 Å². The van der Waals surface area contributed by atoms with Crippen molar-refractivity contribution >= 4 is 5.91 Å². The number of nitrogens with zero attached hydrogens (tertiary/aromatic N) is 1. The van der Waals surface area contributed by atoms with Crippen molar-refractivity contribution in [2.75, 3.05) is 13.1 Å². The quantitative estimate of drug-likeness (QED) is 0.614. The molecule has 0 aromatic heterocycles. The van der Waals surface area contributed by atoms with E-state index in [0.717, 1.165) is 25.4 Å². The number of hydrogen-bond donors (Lipinski definition) is 0. The third-order valence-electron chi connectivity index (χ3n) is 2.87. The highest BCUT2D eigenvalue weighted by molar-refractivity contribution is 5.76. The first kappa shape index (κ1) is 8.09. The van der Waals surface area contributed by atoms with Crippen LogP contribution in [-0.4, -0.2) is 23.9 Å². The third-order valence-corrected chi connectivity index (χ3v) is 2.87. The summed E-state index contributed by atoms with van der Waals surface area (Å²) in [6, 6.07) is 0. The average Bonchev–Trinajstić information content (AvgIpc) is 2.90. The maximum atomic E-state index is 11.6. The van der Waals surface area contributed by atoms with Gasteiger partial charge in [0.15, 0.2) is 0 Å². The Kier molecular flexibility index (Phi) is 2.33. The molecule has 1 saturated heterocycles. The van der Waals surface area contributed by atoms with E-state index in [-0.39, 0.29) is 0 Å². The van der Waals surface area contributed by atoms with Gasteiger partial charge in [-0.15, -0.1) is 0 Å². The van der Waals surface area contributed by atoms with E-state index in [9.17, 15) is 4.79 Å². The number of likely N-dealkylation sites (tertiary alicyclic amines) is 1. The fourth-order valence-corrected chi connectivity index (χ4v) is 1.84. The molecule has 1 aliphatic carbocycles. The molecular weight excluding hydrogens is 150 g/mol. The molecule has 0 bridgehead atoms. The van der Waals surface area contributed by atoms with Crippen molar-refractivity contribution in [2.45, 2.75) is 38.5 Å². The van der Waals surface area contributed by atoms with E-state index in [1.807, 2.05) is 0 Å². The molecule has 2 fully saturated rings. The van der Waals surface area contributed by atoms with E-state index in [2.05, 4.69) is 4.90 Å². The molecule has 0 unspecified atom stereocenters. The molecule has 2 heteroatoms. The molecule has 0 aromatic rings. The van der Waals surface area contributed by atoms with Gasteiger partial charge in [0.1, 0.15) is 0 Å². The molecular formula is C10H17NO. The van der Waals surface area contributed by atoms with Crippen LogP contribution in [-0.2, 0) is 4.79 Å². The Balaban J connectivity index is 1.76. The topological polar surface area (TPSA) is 20.3 Å². The monoisotopic (exact) mass is 167 g/mol. The Morgan fingerprint density at radius 1 is 1.17 bits per heavy atom. The van der Waals surface area contributed by atoms with E-state index in [4.69, 9.17) is 0 Å². The van der Waals surface area contributed by atoms with Crippen LogP contribution in [0.5, 0.6) is 0 Å². The lowest BCUT2D eigenvalue weighted by Gasteiger charge is -2.26. The molecule has 1 heterocycles. The minimum Gasteiger partial charge on any atom is -0.343 e. The van der Waals surface area contributed by atoms with Crippen LogP contribution in [0.25, 0.3) is 0 Å².